The second kappa shape index (κ2) is 7.66. The van der Waals surface area contributed by atoms with E-state index in [-0.39, 0.29) is 18.0 Å². The molecular weight excluding hydrogens is 306 g/mol. The van der Waals surface area contributed by atoms with Crippen molar-refractivity contribution in [2.75, 3.05) is 26.3 Å². The van der Waals surface area contributed by atoms with E-state index in [9.17, 15) is 9.59 Å². The highest BCUT2D eigenvalue weighted by molar-refractivity contribution is 5.87. The van der Waals surface area contributed by atoms with Gasteiger partial charge in [0.1, 0.15) is 6.04 Å². The number of fused-ring (bicyclic) bond motifs is 1. The fourth-order valence-corrected chi connectivity index (χ4v) is 3.39. The first-order valence-corrected chi connectivity index (χ1v) is 8.67. The second-order valence-electron chi connectivity index (χ2n) is 6.39. The third-order valence-electron chi connectivity index (χ3n) is 4.72. The summed E-state index contributed by atoms with van der Waals surface area (Å²) in [5.41, 5.74) is 2.58. The van der Waals surface area contributed by atoms with Gasteiger partial charge in [-0.25, -0.2) is 4.79 Å². The Morgan fingerprint density at radius 2 is 1.83 bits per heavy atom. The summed E-state index contributed by atoms with van der Waals surface area (Å²) < 4.78 is 5.27. The van der Waals surface area contributed by atoms with E-state index < -0.39 is 6.04 Å². The van der Waals surface area contributed by atoms with Crippen LogP contribution in [0.2, 0.25) is 0 Å². The third kappa shape index (κ3) is 3.87. The van der Waals surface area contributed by atoms with Gasteiger partial charge in [0.25, 0.3) is 0 Å². The monoisotopic (exact) mass is 331 g/mol. The predicted molar refractivity (Wildman–Crippen MR) is 90.8 cm³/mol. The van der Waals surface area contributed by atoms with Crippen LogP contribution in [-0.2, 0) is 22.4 Å². The zero-order valence-electron chi connectivity index (χ0n) is 14.1. The summed E-state index contributed by atoms with van der Waals surface area (Å²) >= 11 is 0. The van der Waals surface area contributed by atoms with E-state index in [2.05, 4.69) is 22.8 Å². The van der Waals surface area contributed by atoms with Gasteiger partial charge in [-0.2, -0.15) is 0 Å². The quantitative estimate of drug-likeness (QED) is 0.868. The van der Waals surface area contributed by atoms with Crippen molar-refractivity contribution in [3.8, 4) is 0 Å². The van der Waals surface area contributed by atoms with Crippen LogP contribution in [-0.4, -0.2) is 55.2 Å². The van der Waals surface area contributed by atoms with Crippen LogP contribution in [0.3, 0.4) is 0 Å². The molecule has 1 aliphatic heterocycles. The molecule has 0 spiro atoms. The Bertz CT molecular complexity index is 574. The van der Waals surface area contributed by atoms with Gasteiger partial charge in [0, 0.05) is 19.1 Å². The topological polar surface area (TPSA) is 70.7 Å². The molecule has 3 rings (SSSR count). The van der Waals surface area contributed by atoms with E-state index in [4.69, 9.17) is 4.74 Å². The van der Waals surface area contributed by atoms with E-state index >= 15 is 0 Å². The molecule has 2 N–H and O–H groups in total. The molecule has 6 nitrogen and oxygen atoms in total. The van der Waals surface area contributed by atoms with Crippen molar-refractivity contribution in [3.05, 3.63) is 35.4 Å². The maximum Gasteiger partial charge on any atom is 0.315 e. The van der Waals surface area contributed by atoms with Crippen LogP contribution < -0.4 is 10.6 Å². The molecule has 0 unspecified atom stereocenters. The summed E-state index contributed by atoms with van der Waals surface area (Å²) in [5, 5.41) is 5.84. The lowest BCUT2D eigenvalue weighted by Gasteiger charge is -2.30. The number of amides is 3. The first-order chi connectivity index (χ1) is 11.7. The molecule has 0 bridgehead atoms. The molecule has 1 saturated heterocycles. The first kappa shape index (κ1) is 16.8. The third-order valence-corrected chi connectivity index (χ3v) is 4.72. The largest absolute Gasteiger partial charge is 0.378 e. The number of morpholine rings is 1. The second-order valence-corrected chi connectivity index (χ2v) is 6.39. The molecule has 24 heavy (non-hydrogen) atoms. The van der Waals surface area contributed by atoms with Crippen LogP contribution in [0.1, 0.15) is 24.5 Å². The van der Waals surface area contributed by atoms with Crippen molar-refractivity contribution in [1.82, 2.24) is 15.5 Å². The SMILES string of the molecule is CC[C@@H](NC(=O)NC1Cc2ccccc2C1)C(=O)N1CCOCC1. The highest BCUT2D eigenvalue weighted by Crippen LogP contribution is 2.21. The van der Waals surface area contributed by atoms with Crippen LogP contribution in [0.5, 0.6) is 0 Å². The minimum atomic E-state index is -0.480. The Morgan fingerprint density at radius 3 is 2.42 bits per heavy atom. The highest BCUT2D eigenvalue weighted by atomic mass is 16.5. The molecular formula is C18H25N3O3. The van der Waals surface area contributed by atoms with E-state index in [0.717, 1.165) is 12.8 Å². The molecule has 1 fully saturated rings. The van der Waals surface area contributed by atoms with Crippen molar-refractivity contribution in [2.24, 2.45) is 0 Å². The van der Waals surface area contributed by atoms with E-state index in [1.54, 1.807) is 4.90 Å². The summed E-state index contributed by atoms with van der Waals surface area (Å²) in [4.78, 5) is 26.6. The number of urea groups is 1. The zero-order chi connectivity index (χ0) is 16.9. The average molecular weight is 331 g/mol. The molecule has 1 aromatic rings. The van der Waals surface area contributed by atoms with Crippen molar-refractivity contribution in [2.45, 2.75) is 38.3 Å². The maximum absolute atomic E-state index is 12.5. The predicted octanol–water partition coefficient (Wildman–Crippen LogP) is 1.09. The van der Waals surface area contributed by atoms with Crippen LogP contribution in [0.4, 0.5) is 4.79 Å². The first-order valence-electron chi connectivity index (χ1n) is 8.67. The van der Waals surface area contributed by atoms with Gasteiger partial charge in [0.2, 0.25) is 5.91 Å². The van der Waals surface area contributed by atoms with Crippen LogP contribution >= 0.6 is 0 Å². The van der Waals surface area contributed by atoms with Crippen LogP contribution in [0, 0.1) is 0 Å². The number of hydrogen-bond donors (Lipinski definition) is 2. The average Bonchev–Trinajstić information content (AvgIpc) is 3.02. The van der Waals surface area contributed by atoms with Gasteiger partial charge in [-0.3, -0.25) is 4.79 Å². The van der Waals surface area contributed by atoms with Crippen LogP contribution in [0.15, 0.2) is 24.3 Å². The summed E-state index contributed by atoms with van der Waals surface area (Å²) in [6.07, 6.45) is 2.27. The fourth-order valence-electron chi connectivity index (χ4n) is 3.39. The lowest BCUT2D eigenvalue weighted by molar-refractivity contribution is -0.137. The smallest absolute Gasteiger partial charge is 0.315 e. The molecule has 0 radical (unpaired) electrons. The summed E-state index contributed by atoms with van der Waals surface area (Å²) in [6, 6.07) is 7.61. The van der Waals surface area contributed by atoms with Crippen molar-refractivity contribution in [1.29, 1.82) is 0 Å². The number of rotatable bonds is 4. The lowest BCUT2D eigenvalue weighted by Crippen LogP contribution is -2.54. The van der Waals surface area contributed by atoms with E-state index in [1.807, 2.05) is 19.1 Å². The Labute approximate surface area is 142 Å². The number of hydrogen-bond acceptors (Lipinski definition) is 3. The molecule has 2 aliphatic rings. The summed E-state index contributed by atoms with van der Waals surface area (Å²) in [5.74, 6) is -0.0225. The zero-order valence-corrected chi connectivity index (χ0v) is 14.1. The molecule has 6 heteroatoms. The number of carbonyl (C=O) groups is 2. The molecule has 1 aromatic carbocycles. The Morgan fingerprint density at radius 1 is 1.21 bits per heavy atom. The van der Waals surface area contributed by atoms with Gasteiger partial charge in [-0.15, -0.1) is 0 Å². The van der Waals surface area contributed by atoms with Crippen molar-refractivity contribution in [3.63, 3.8) is 0 Å². The lowest BCUT2D eigenvalue weighted by atomic mass is 10.1. The van der Waals surface area contributed by atoms with Gasteiger partial charge in [0.05, 0.1) is 13.2 Å². The molecule has 0 aromatic heterocycles. The summed E-state index contributed by atoms with van der Waals surface area (Å²) in [6.45, 7) is 4.23. The minimum Gasteiger partial charge on any atom is -0.378 e. The molecule has 0 saturated carbocycles. The van der Waals surface area contributed by atoms with Gasteiger partial charge in [-0.05, 0) is 30.4 Å². The number of carbonyl (C=O) groups excluding carboxylic acids is 2. The van der Waals surface area contributed by atoms with Gasteiger partial charge in [-0.1, -0.05) is 31.2 Å². The van der Waals surface area contributed by atoms with E-state index in [1.165, 1.54) is 11.1 Å². The normalized spacial score (nSPS) is 18.8. The molecule has 1 heterocycles. The number of nitrogens with one attached hydrogen (secondary N) is 2. The number of ether oxygens (including phenoxy) is 1. The minimum absolute atomic E-state index is 0.0225. The van der Waals surface area contributed by atoms with Gasteiger partial charge < -0.3 is 20.3 Å². The van der Waals surface area contributed by atoms with E-state index in [0.29, 0.717) is 32.7 Å². The Balaban J connectivity index is 1.51. The van der Waals surface area contributed by atoms with Crippen molar-refractivity contribution < 1.29 is 14.3 Å². The highest BCUT2D eigenvalue weighted by Gasteiger charge is 2.27. The van der Waals surface area contributed by atoms with Crippen LogP contribution in [0.25, 0.3) is 0 Å². The van der Waals surface area contributed by atoms with Gasteiger partial charge in [0.15, 0.2) is 0 Å². The number of benzene rings is 1. The van der Waals surface area contributed by atoms with Gasteiger partial charge >= 0.3 is 6.03 Å². The fraction of sp³-hybridized carbons (Fsp3) is 0.556. The summed E-state index contributed by atoms with van der Waals surface area (Å²) in [7, 11) is 0. The molecule has 1 aliphatic carbocycles. The molecule has 3 amide bonds. The standard InChI is InChI=1S/C18H25N3O3/c1-2-16(17(22)21-7-9-24-10-8-21)20-18(23)19-15-11-13-5-3-4-6-14(13)12-15/h3-6,15-16H,2,7-12H2,1H3,(H2,19,20,23)/t16-/m1/s1. The number of nitrogens with zero attached hydrogens (tertiary/aromatic N) is 1. The maximum atomic E-state index is 12.5. The molecule has 1 atom stereocenters. The Kier molecular flexibility index (Phi) is 5.35. The Hall–Kier alpha value is -2.08. The van der Waals surface area contributed by atoms with Crippen molar-refractivity contribution >= 4 is 11.9 Å². The molecule has 130 valence electrons.